The summed E-state index contributed by atoms with van der Waals surface area (Å²) in [6.07, 6.45) is 1.97. The second-order valence-electron chi connectivity index (χ2n) is 4.52. The van der Waals surface area contributed by atoms with Crippen LogP contribution in [0, 0.1) is 0 Å². The van der Waals surface area contributed by atoms with Crippen LogP contribution < -0.4 is 11.3 Å². The lowest BCUT2D eigenvalue weighted by molar-refractivity contribution is 0.0590. The Bertz CT molecular complexity index is 351. The van der Waals surface area contributed by atoms with Crippen molar-refractivity contribution in [2.45, 2.75) is 45.9 Å². The predicted octanol–water partition coefficient (Wildman–Crippen LogP) is 2.16. The second-order valence-corrected chi connectivity index (χ2v) is 5.37. The predicted molar refractivity (Wildman–Crippen MR) is 71.5 cm³/mol. The standard InChI is InChI=1S/C11H21BrN4O/c1-7(2)16-11(9(12)5-14-16)10(15-13)6-17-8(3)4/h5,7-8,10,15H,6,13H2,1-4H3. The molecule has 0 fully saturated rings. The SMILES string of the molecule is CC(C)OCC(NN)c1c(Br)cnn1C(C)C. The molecule has 6 heteroatoms. The molecule has 0 radical (unpaired) electrons. The molecule has 1 unspecified atom stereocenters. The number of halogens is 1. The number of aromatic nitrogens is 2. The van der Waals surface area contributed by atoms with Gasteiger partial charge in [-0.3, -0.25) is 10.5 Å². The average Bonchev–Trinajstić information content (AvgIpc) is 2.62. The van der Waals surface area contributed by atoms with Crippen LogP contribution in [0.2, 0.25) is 0 Å². The first kappa shape index (κ1) is 14.6. The van der Waals surface area contributed by atoms with Crippen molar-refractivity contribution in [3.05, 3.63) is 16.4 Å². The fourth-order valence-electron chi connectivity index (χ4n) is 1.58. The lowest BCUT2D eigenvalue weighted by Gasteiger charge is -2.21. The van der Waals surface area contributed by atoms with Gasteiger partial charge < -0.3 is 4.74 Å². The molecule has 1 rings (SSSR count). The van der Waals surface area contributed by atoms with Gasteiger partial charge in [-0.1, -0.05) is 0 Å². The van der Waals surface area contributed by atoms with Crippen molar-refractivity contribution in [2.24, 2.45) is 5.84 Å². The van der Waals surface area contributed by atoms with Crippen molar-refractivity contribution >= 4 is 15.9 Å². The summed E-state index contributed by atoms with van der Waals surface area (Å²) in [7, 11) is 0. The van der Waals surface area contributed by atoms with Crippen LogP contribution in [0.1, 0.15) is 45.5 Å². The van der Waals surface area contributed by atoms with Crippen molar-refractivity contribution < 1.29 is 4.74 Å². The molecule has 0 aromatic carbocycles. The molecule has 0 aliphatic rings. The van der Waals surface area contributed by atoms with Crippen LogP contribution in [0.3, 0.4) is 0 Å². The first-order valence-electron chi connectivity index (χ1n) is 5.78. The van der Waals surface area contributed by atoms with Crippen LogP contribution in [0.25, 0.3) is 0 Å². The number of hydrazine groups is 1. The summed E-state index contributed by atoms with van der Waals surface area (Å²) >= 11 is 3.50. The molecule has 98 valence electrons. The van der Waals surface area contributed by atoms with E-state index in [0.717, 1.165) is 10.2 Å². The maximum atomic E-state index is 5.60. The summed E-state index contributed by atoms with van der Waals surface area (Å²) in [5, 5.41) is 4.33. The molecule has 17 heavy (non-hydrogen) atoms. The number of ether oxygens (including phenoxy) is 1. The zero-order chi connectivity index (χ0) is 13.0. The van der Waals surface area contributed by atoms with E-state index in [-0.39, 0.29) is 18.2 Å². The average molecular weight is 305 g/mol. The number of rotatable bonds is 6. The van der Waals surface area contributed by atoms with Gasteiger partial charge in [0.25, 0.3) is 0 Å². The van der Waals surface area contributed by atoms with E-state index in [0.29, 0.717) is 6.61 Å². The molecule has 1 aromatic rings. The van der Waals surface area contributed by atoms with Gasteiger partial charge in [-0.15, -0.1) is 0 Å². The molecule has 0 aliphatic carbocycles. The summed E-state index contributed by atoms with van der Waals surface area (Å²) in [6, 6.07) is 0.211. The normalized spacial score (nSPS) is 13.6. The van der Waals surface area contributed by atoms with Gasteiger partial charge in [0.2, 0.25) is 0 Å². The van der Waals surface area contributed by atoms with Crippen molar-refractivity contribution in [3.8, 4) is 0 Å². The Morgan fingerprint density at radius 3 is 2.59 bits per heavy atom. The van der Waals surface area contributed by atoms with Crippen LogP contribution in [-0.2, 0) is 4.74 Å². The first-order valence-corrected chi connectivity index (χ1v) is 6.57. The molecule has 1 heterocycles. The Balaban J connectivity index is 2.90. The molecule has 3 N–H and O–H groups in total. The zero-order valence-electron chi connectivity index (χ0n) is 10.8. The maximum Gasteiger partial charge on any atom is 0.0873 e. The summed E-state index contributed by atoms with van der Waals surface area (Å²) in [6.45, 7) is 8.69. The number of nitrogens with one attached hydrogen (secondary N) is 1. The highest BCUT2D eigenvalue weighted by atomic mass is 79.9. The first-order chi connectivity index (χ1) is 7.97. The van der Waals surface area contributed by atoms with Gasteiger partial charge in [0.05, 0.1) is 35.1 Å². The van der Waals surface area contributed by atoms with E-state index in [9.17, 15) is 0 Å². The van der Waals surface area contributed by atoms with Crippen LogP contribution in [-0.4, -0.2) is 22.5 Å². The topological polar surface area (TPSA) is 65.1 Å². The Labute approximate surface area is 111 Å². The third-order valence-corrected chi connectivity index (χ3v) is 3.01. The summed E-state index contributed by atoms with van der Waals surface area (Å²) in [5.41, 5.74) is 3.80. The van der Waals surface area contributed by atoms with Crippen LogP contribution >= 0.6 is 15.9 Å². The van der Waals surface area contributed by atoms with E-state index in [1.165, 1.54) is 0 Å². The van der Waals surface area contributed by atoms with Crippen molar-refractivity contribution in [1.29, 1.82) is 0 Å². The summed E-state index contributed by atoms with van der Waals surface area (Å²) in [4.78, 5) is 0. The fraction of sp³-hybridized carbons (Fsp3) is 0.727. The third kappa shape index (κ3) is 3.77. The van der Waals surface area contributed by atoms with E-state index in [4.69, 9.17) is 10.6 Å². The van der Waals surface area contributed by atoms with Gasteiger partial charge in [-0.2, -0.15) is 5.10 Å². The number of hydrogen-bond donors (Lipinski definition) is 2. The van der Waals surface area contributed by atoms with Crippen LogP contribution in [0.4, 0.5) is 0 Å². The minimum absolute atomic E-state index is 0.0725. The molecule has 1 atom stereocenters. The molecular formula is C11H21BrN4O. The van der Waals surface area contributed by atoms with E-state index in [1.807, 2.05) is 18.5 Å². The van der Waals surface area contributed by atoms with Gasteiger partial charge in [0, 0.05) is 6.04 Å². The summed E-state index contributed by atoms with van der Waals surface area (Å²) < 4.78 is 8.49. The molecule has 0 amide bonds. The molecular weight excluding hydrogens is 284 g/mol. The Morgan fingerprint density at radius 1 is 1.47 bits per heavy atom. The zero-order valence-corrected chi connectivity index (χ0v) is 12.4. The quantitative estimate of drug-likeness (QED) is 0.624. The van der Waals surface area contributed by atoms with Crippen molar-refractivity contribution in [3.63, 3.8) is 0 Å². The fourth-order valence-corrected chi connectivity index (χ4v) is 2.13. The van der Waals surface area contributed by atoms with Crippen LogP contribution in [0.5, 0.6) is 0 Å². The minimum Gasteiger partial charge on any atom is -0.377 e. The Kier molecular flexibility index (Phi) is 5.58. The highest BCUT2D eigenvalue weighted by Crippen LogP contribution is 2.25. The summed E-state index contributed by atoms with van der Waals surface area (Å²) in [5.74, 6) is 5.60. The van der Waals surface area contributed by atoms with Crippen molar-refractivity contribution in [2.75, 3.05) is 6.61 Å². The number of nitrogens with two attached hydrogens (primary N) is 1. The Hall–Kier alpha value is -0.430. The number of hydrogen-bond acceptors (Lipinski definition) is 4. The molecule has 0 aliphatic heterocycles. The van der Waals surface area contributed by atoms with E-state index >= 15 is 0 Å². The lowest BCUT2D eigenvalue weighted by Crippen LogP contribution is -2.34. The number of nitrogens with zero attached hydrogens (tertiary/aromatic N) is 2. The minimum atomic E-state index is -0.0725. The largest absolute Gasteiger partial charge is 0.377 e. The smallest absolute Gasteiger partial charge is 0.0873 e. The van der Waals surface area contributed by atoms with Gasteiger partial charge in [0.1, 0.15) is 0 Å². The highest BCUT2D eigenvalue weighted by molar-refractivity contribution is 9.10. The second kappa shape index (κ2) is 6.49. The highest BCUT2D eigenvalue weighted by Gasteiger charge is 2.21. The molecule has 5 nitrogen and oxygen atoms in total. The molecule has 0 saturated carbocycles. The third-order valence-electron chi connectivity index (χ3n) is 2.40. The molecule has 0 saturated heterocycles. The van der Waals surface area contributed by atoms with Crippen LogP contribution in [0.15, 0.2) is 10.7 Å². The monoisotopic (exact) mass is 304 g/mol. The van der Waals surface area contributed by atoms with E-state index < -0.39 is 0 Å². The van der Waals surface area contributed by atoms with E-state index in [2.05, 4.69) is 40.3 Å². The molecule has 0 spiro atoms. The van der Waals surface area contributed by atoms with E-state index in [1.54, 1.807) is 6.20 Å². The van der Waals surface area contributed by atoms with Gasteiger partial charge in [0.15, 0.2) is 0 Å². The van der Waals surface area contributed by atoms with Gasteiger partial charge >= 0.3 is 0 Å². The maximum absolute atomic E-state index is 5.60. The van der Waals surface area contributed by atoms with Crippen molar-refractivity contribution in [1.82, 2.24) is 15.2 Å². The Morgan fingerprint density at radius 2 is 2.12 bits per heavy atom. The van der Waals surface area contributed by atoms with Gasteiger partial charge in [-0.25, -0.2) is 5.43 Å². The molecule has 0 bridgehead atoms. The lowest BCUT2D eigenvalue weighted by atomic mass is 10.2. The van der Waals surface area contributed by atoms with Gasteiger partial charge in [-0.05, 0) is 43.6 Å². The molecule has 1 aromatic heterocycles.